The Bertz CT molecular complexity index is 1870. The molecular weight excluding hydrogens is 853 g/mol. The molecule has 0 N–H and O–H groups in total. The van der Waals surface area contributed by atoms with Crippen LogP contribution in [0.1, 0.15) is 111 Å². The Labute approximate surface area is 388 Å². The van der Waals surface area contributed by atoms with Crippen molar-refractivity contribution in [2.45, 2.75) is 137 Å². The first-order valence-corrected chi connectivity index (χ1v) is 25.5. The SMILES string of the molecule is CCC(C)(C)C(=O)O[C@H]1C[C@@H](C)C=C2C=C[C@H](C)[C@H](CC[C@@H]3C[C@@H](OC(=O)OCCSSCCOC(=O)OC(CCc4ccc(C(C)(C)C)cc4)COc4ccccc4)CC(=O)O3)[C@H]21. The number of carbonyl (C=O) groups excluding carboxylic acids is 4. The molecule has 2 aliphatic carbocycles. The van der Waals surface area contributed by atoms with Gasteiger partial charge in [0.1, 0.15) is 50.0 Å². The summed E-state index contributed by atoms with van der Waals surface area (Å²) in [6.07, 6.45) is 7.89. The van der Waals surface area contributed by atoms with Crippen LogP contribution in [0.2, 0.25) is 0 Å². The largest absolute Gasteiger partial charge is 0.508 e. The van der Waals surface area contributed by atoms with Crippen molar-refractivity contribution in [2.24, 2.45) is 29.1 Å². The zero-order chi connectivity index (χ0) is 46.3. The third-order valence-electron chi connectivity index (χ3n) is 12.5. The number of aryl methyl sites for hydroxylation is 1. The zero-order valence-corrected chi connectivity index (χ0v) is 40.7. The summed E-state index contributed by atoms with van der Waals surface area (Å²) in [6, 6.07) is 18.0. The average molecular weight is 923 g/mol. The normalized spacial score (nSPS) is 23.7. The molecule has 0 radical (unpaired) electrons. The summed E-state index contributed by atoms with van der Waals surface area (Å²) >= 11 is 0. The van der Waals surface area contributed by atoms with Crippen LogP contribution in [-0.4, -0.2) is 80.0 Å². The van der Waals surface area contributed by atoms with Gasteiger partial charge < -0.3 is 33.2 Å². The number of fused-ring (bicyclic) bond motifs is 1. The van der Waals surface area contributed by atoms with Crippen molar-refractivity contribution in [2.75, 3.05) is 31.3 Å². The van der Waals surface area contributed by atoms with Crippen LogP contribution < -0.4 is 4.74 Å². The number of benzene rings is 2. The first kappa shape index (κ1) is 50.9. The Kier molecular flexibility index (Phi) is 19.4. The molecule has 0 saturated carbocycles. The Hall–Kier alpha value is -4.10. The number of rotatable bonds is 21. The minimum Gasteiger partial charge on any atom is -0.490 e. The molecule has 0 aromatic heterocycles. The molecule has 1 aliphatic heterocycles. The van der Waals surface area contributed by atoms with Gasteiger partial charge in [-0.25, -0.2) is 9.59 Å². The molecule has 1 fully saturated rings. The van der Waals surface area contributed by atoms with E-state index in [0.717, 1.165) is 18.4 Å². The monoisotopic (exact) mass is 922 g/mol. The van der Waals surface area contributed by atoms with E-state index in [1.807, 2.05) is 51.1 Å². The molecule has 11 nitrogen and oxygen atoms in total. The first-order chi connectivity index (χ1) is 30.5. The molecule has 2 aromatic carbocycles. The second-order valence-electron chi connectivity index (χ2n) is 19.0. The highest BCUT2D eigenvalue weighted by Crippen LogP contribution is 2.46. The zero-order valence-electron chi connectivity index (χ0n) is 39.0. The third kappa shape index (κ3) is 16.1. The van der Waals surface area contributed by atoms with E-state index in [4.69, 9.17) is 33.2 Å². The highest BCUT2D eigenvalue weighted by atomic mass is 33.1. The van der Waals surface area contributed by atoms with Gasteiger partial charge in [-0.05, 0) is 104 Å². The van der Waals surface area contributed by atoms with E-state index in [1.165, 1.54) is 32.7 Å². The second kappa shape index (κ2) is 24.4. The van der Waals surface area contributed by atoms with Crippen LogP contribution in [-0.2, 0) is 49.8 Å². The lowest BCUT2D eigenvalue weighted by Gasteiger charge is -2.44. The summed E-state index contributed by atoms with van der Waals surface area (Å²) in [6.45, 7) is 17.2. The smallest absolute Gasteiger partial charge is 0.490 e. The van der Waals surface area contributed by atoms with Crippen molar-refractivity contribution in [3.63, 3.8) is 0 Å². The van der Waals surface area contributed by atoms with Gasteiger partial charge in [-0.15, -0.1) is 0 Å². The van der Waals surface area contributed by atoms with Gasteiger partial charge in [0.25, 0.3) is 0 Å². The maximum absolute atomic E-state index is 13.2. The fourth-order valence-electron chi connectivity index (χ4n) is 8.31. The van der Waals surface area contributed by atoms with Crippen molar-refractivity contribution < 1.29 is 52.3 Å². The molecule has 3 aliphatic rings. The number of hydrogen-bond acceptors (Lipinski definition) is 13. The first-order valence-electron chi connectivity index (χ1n) is 23.0. The summed E-state index contributed by atoms with van der Waals surface area (Å²) in [7, 11) is 2.96. The van der Waals surface area contributed by atoms with Crippen molar-refractivity contribution in [1.82, 2.24) is 0 Å². The van der Waals surface area contributed by atoms with Gasteiger partial charge in [-0.2, -0.15) is 0 Å². The highest BCUT2D eigenvalue weighted by molar-refractivity contribution is 8.76. The van der Waals surface area contributed by atoms with E-state index in [-0.39, 0.29) is 61.5 Å². The Balaban J connectivity index is 0.981. The van der Waals surface area contributed by atoms with E-state index in [9.17, 15) is 19.2 Å². The fourth-order valence-corrected chi connectivity index (χ4v) is 9.96. The Morgan fingerprint density at radius 1 is 0.859 bits per heavy atom. The summed E-state index contributed by atoms with van der Waals surface area (Å²) < 4.78 is 39.9. The topological polar surface area (TPSA) is 133 Å². The molecule has 64 heavy (non-hydrogen) atoms. The van der Waals surface area contributed by atoms with Gasteiger partial charge in [-0.3, -0.25) is 9.59 Å². The highest BCUT2D eigenvalue weighted by Gasteiger charge is 2.43. The molecule has 352 valence electrons. The van der Waals surface area contributed by atoms with E-state index >= 15 is 0 Å². The molecule has 2 aromatic rings. The molecule has 13 heteroatoms. The van der Waals surface area contributed by atoms with Crippen LogP contribution in [0.25, 0.3) is 0 Å². The maximum Gasteiger partial charge on any atom is 0.508 e. The van der Waals surface area contributed by atoms with E-state index < -0.39 is 42.0 Å². The average Bonchev–Trinajstić information content (AvgIpc) is 3.25. The Morgan fingerprint density at radius 3 is 2.22 bits per heavy atom. The second-order valence-corrected chi connectivity index (χ2v) is 21.7. The number of esters is 2. The number of hydrogen-bond donors (Lipinski definition) is 0. The molecule has 1 heterocycles. The quantitative estimate of drug-likeness (QED) is 0.0509. The van der Waals surface area contributed by atoms with E-state index in [0.29, 0.717) is 55.3 Å². The summed E-state index contributed by atoms with van der Waals surface area (Å²) in [5.74, 6) is 1.95. The standard InChI is InChI=1S/C51H70O11S2/c1-9-51(7,8)47(53)62-44-30-34(2)29-37-19-15-35(3)43(46(37)44)24-23-40-31-42(32-45(52)59-40)61-49(55)57-26-28-64-63-27-25-56-48(54)60-41(33-58-39-13-11-10-12-14-39)22-18-36-16-20-38(21-17-36)50(4,5)6/h10-17,19-21,29,34-35,40-44,46H,9,18,22-28,30-33H2,1-8H3/t34-,35-,40+,41?,42+,43-,44-,46-/m0/s1. The third-order valence-corrected chi connectivity index (χ3v) is 14.8. The minimum atomic E-state index is -0.820. The van der Waals surface area contributed by atoms with Gasteiger partial charge in [0.2, 0.25) is 0 Å². The lowest BCUT2D eigenvalue weighted by molar-refractivity contribution is -0.166. The van der Waals surface area contributed by atoms with E-state index in [2.05, 4.69) is 77.1 Å². The minimum absolute atomic E-state index is 0.0217. The molecule has 8 atom stereocenters. The van der Waals surface area contributed by atoms with Gasteiger partial charge in [0, 0.05) is 23.8 Å². The van der Waals surface area contributed by atoms with Crippen LogP contribution in [0.5, 0.6) is 5.75 Å². The molecule has 0 bridgehead atoms. The molecule has 1 saturated heterocycles. The number of ether oxygens (including phenoxy) is 7. The van der Waals surface area contributed by atoms with Crippen molar-refractivity contribution in [1.29, 1.82) is 0 Å². The Morgan fingerprint density at radius 2 is 1.55 bits per heavy atom. The predicted octanol–water partition coefficient (Wildman–Crippen LogP) is 11.7. The lowest BCUT2D eigenvalue weighted by atomic mass is 9.65. The van der Waals surface area contributed by atoms with Crippen molar-refractivity contribution in [3.8, 4) is 5.75 Å². The van der Waals surface area contributed by atoms with Gasteiger partial charge in [0.05, 0.1) is 11.8 Å². The van der Waals surface area contributed by atoms with Crippen LogP contribution >= 0.6 is 21.6 Å². The predicted molar refractivity (Wildman–Crippen MR) is 252 cm³/mol. The van der Waals surface area contributed by atoms with Crippen LogP contribution in [0.15, 0.2) is 78.4 Å². The molecule has 5 rings (SSSR count). The van der Waals surface area contributed by atoms with Gasteiger partial charge in [-0.1, -0.05) is 124 Å². The number of para-hydroxylation sites is 1. The number of allylic oxidation sites excluding steroid dienone is 3. The summed E-state index contributed by atoms with van der Waals surface area (Å²) in [5.41, 5.74) is 3.14. The van der Waals surface area contributed by atoms with Gasteiger partial charge in [0.15, 0.2) is 0 Å². The summed E-state index contributed by atoms with van der Waals surface area (Å²) in [5, 5.41) is 0. The van der Waals surface area contributed by atoms with Crippen molar-refractivity contribution >= 4 is 45.8 Å². The molecule has 0 spiro atoms. The van der Waals surface area contributed by atoms with Gasteiger partial charge >= 0.3 is 24.2 Å². The molecule has 0 amide bonds. The number of carbonyl (C=O) groups is 4. The molecular formula is C51H70O11S2. The van der Waals surface area contributed by atoms with Crippen LogP contribution in [0.4, 0.5) is 9.59 Å². The van der Waals surface area contributed by atoms with Crippen molar-refractivity contribution in [3.05, 3.63) is 89.5 Å². The summed E-state index contributed by atoms with van der Waals surface area (Å²) in [4.78, 5) is 51.1. The van der Waals surface area contributed by atoms with Crippen LogP contribution in [0.3, 0.4) is 0 Å². The van der Waals surface area contributed by atoms with E-state index in [1.54, 1.807) is 0 Å². The fraction of sp³-hybridized carbons (Fsp3) is 0.608. The maximum atomic E-state index is 13.2. The molecule has 1 unspecified atom stereocenters. The van der Waals surface area contributed by atoms with Crippen LogP contribution in [0, 0.1) is 29.1 Å². The lowest BCUT2D eigenvalue weighted by Crippen LogP contribution is -2.43. The number of cyclic esters (lactones) is 1.